The Labute approximate surface area is 102 Å². The molecule has 1 atom stereocenters. The molecule has 0 spiro atoms. The standard InChI is InChI=1S/C10H11FN4OS/c1-16-8-3-2-6(11)4-7(8)10(14-12)9-5-13-15-17-9/h2-5,10,14H,12H2,1H3. The fraction of sp³-hybridized carbons (Fsp3) is 0.200. The molecule has 0 saturated carbocycles. The number of nitrogens with two attached hydrogens (primary N) is 1. The fourth-order valence-corrected chi connectivity index (χ4v) is 2.14. The Hall–Kier alpha value is -1.57. The second-order valence-corrected chi connectivity index (χ2v) is 4.12. The summed E-state index contributed by atoms with van der Waals surface area (Å²) in [6, 6.07) is 3.88. The van der Waals surface area contributed by atoms with Gasteiger partial charge in [-0.15, -0.1) is 5.10 Å². The molecule has 90 valence electrons. The van der Waals surface area contributed by atoms with Gasteiger partial charge < -0.3 is 4.74 Å². The molecule has 0 amide bonds. The Kier molecular flexibility index (Phi) is 3.62. The highest BCUT2D eigenvalue weighted by Gasteiger charge is 2.19. The van der Waals surface area contributed by atoms with Crippen LogP contribution < -0.4 is 16.0 Å². The maximum absolute atomic E-state index is 13.3. The lowest BCUT2D eigenvalue weighted by Gasteiger charge is -2.17. The summed E-state index contributed by atoms with van der Waals surface area (Å²) < 4.78 is 22.2. The van der Waals surface area contributed by atoms with Crippen molar-refractivity contribution in [2.24, 2.45) is 5.84 Å². The Morgan fingerprint density at radius 1 is 1.53 bits per heavy atom. The first-order chi connectivity index (χ1) is 8.26. The summed E-state index contributed by atoms with van der Waals surface area (Å²) in [6.07, 6.45) is 1.58. The van der Waals surface area contributed by atoms with Gasteiger partial charge in [0, 0.05) is 5.56 Å². The van der Waals surface area contributed by atoms with Crippen molar-refractivity contribution < 1.29 is 9.13 Å². The summed E-state index contributed by atoms with van der Waals surface area (Å²) >= 11 is 1.19. The van der Waals surface area contributed by atoms with Crippen molar-refractivity contribution in [1.82, 2.24) is 15.0 Å². The summed E-state index contributed by atoms with van der Waals surface area (Å²) in [5.41, 5.74) is 3.22. The van der Waals surface area contributed by atoms with Crippen LogP contribution in [-0.2, 0) is 0 Å². The van der Waals surface area contributed by atoms with Gasteiger partial charge in [-0.3, -0.25) is 5.84 Å². The van der Waals surface area contributed by atoms with E-state index in [2.05, 4.69) is 15.0 Å². The van der Waals surface area contributed by atoms with Crippen molar-refractivity contribution in [1.29, 1.82) is 0 Å². The molecule has 17 heavy (non-hydrogen) atoms. The van der Waals surface area contributed by atoms with Crippen molar-refractivity contribution in [3.63, 3.8) is 0 Å². The van der Waals surface area contributed by atoms with Gasteiger partial charge in [0.2, 0.25) is 0 Å². The molecule has 1 aromatic carbocycles. The highest BCUT2D eigenvalue weighted by molar-refractivity contribution is 7.05. The van der Waals surface area contributed by atoms with E-state index < -0.39 is 0 Å². The van der Waals surface area contributed by atoms with Crippen molar-refractivity contribution in [3.8, 4) is 5.75 Å². The molecule has 1 unspecified atom stereocenters. The van der Waals surface area contributed by atoms with Gasteiger partial charge in [0.15, 0.2) is 0 Å². The average Bonchev–Trinajstić information content (AvgIpc) is 2.84. The van der Waals surface area contributed by atoms with Crippen molar-refractivity contribution in [2.45, 2.75) is 6.04 Å². The van der Waals surface area contributed by atoms with Gasteiger partial charge in [0.1, 0.15) is 11.6 Å². The van der Waals surface area contributed by atoms with Crippen molar-refractivity contribution in [2.75, 3.05) is 7.11 Å². The number of aromatic nitrogens is 2. The van der Waals surface area contributed by atoms with Crippen LogP contribution in [0.3, 0.4) is 0 Å². The number of rotatable bonds is 4. The molecule has 5 nitrogen and oxygen atoms in total. The summed E-state index contributed by atoms with van der Waals surface area (Å²) in [5, 5.41) is 3.73. The van der Waals surface area contributed by atoms with E-state index >= 15 is 0 Å². The van der Waals surface area contributed by atoms with Gasteiger partial charge in [-0.2, -0.15) is 0 Å². The second kappa shape index (κ2) is 5.17. The van der Waals surface area contributed by atoms with E-state index in [0.717, 1.165) is 4.88 Å². The second-order valence-electron chi connectivity index (χ2n) is 3.31. The lowest BCUT2D eigenvalue weighted by atomic mass is 10.1. The van der Waals surface area contributed by atoms with Crippen LogP contribution in [0.2, 0.25) is 0 Å². The lowest BCUT2D eigenvalue weighted by molar-refractivity contribution is 0.403. The molecule has 0 aliphatic carbocycles. The molecule has 0 aliphatic rings. The minimum Gasteiger partial charge on any atom is -0.496 e. The molecular weight excluding hydrogens is 243 g/mol. The van der Waals surface area contributed by atoms with E-state index in [0.29, 0.717) is 11.3 Å². The lowest BCUT2D eigenvalue weighted by Crippen LogP contribution is -2.28. The van der Waals surface area contributed by atoms with Crippen LogP contribution in [0.4, 0.5) is 4.39 Å². The van der Waals surface area contributed by atoms with Crippen LogP contribution in [0.5, 0.6) is 5.75 Å². The third-order valence-corrected chi connectivity index (χ3v) is 3.06. The van der Waals surface area contributed by atoms with Crippen molar-refractivity contribution >= 4 is 11.5 Å². The summed E-state index contributed by atoms with van der Waals surface area (Å²) in [6.45, 7) is 0. The first-order valence-electron chi connectivity index (χ1n) is 4.83. The number of hydrogen-bond acceptors (Lipinski definition) is 6. The highest BCUT2D eigenvalue weighted by Crippen LogP contribution is 2.31. The smallest absolute Gasteiger partial charge is 0.124 e. The molecule has 0 radical (unpaired) electrons. The Bertz CT molecular complexity index is 491. The minimum absolute atomic E-state index is 0.349. The summed E-state index contributed by atoms with van der Waals surface area (Å²) in [4.78, 5) is 0.788. The molecular formula is C10H11FN4OS. The number of hydrazine groups is 1. The van der Waals surface area contributed by atoms with Gasteiger partial charge >= 0.3 is 0 Å². The van der Waals surface area contributed by atoms with Crippen LogP contribution in [0.1, 0.15) is 16.5 Å². The third-order valence-electron chi connectivity index (χ3n) is 2.33. The van der Waals surface area contributed by atoms with Gasteiger partial charge in [-0.25, -0.2) is 9.82 Å². The quantitative estimate of drug-likeness (QED) is 0.634. The minimum atomic E-state index is -0.388. The highest BCUT2D eigenvalue weighted by atomic mass is 32.1. The molecule has 0 aliphatic heterocycles. The largest absolute Gasteiger partial charge is 0.496 e. The van der Waals surface area contributed by atoms with Crippen LogP contribution in [0, 0.1) is 5.82 Å². The van der Waals surface area contributed by atoms with E-state index in [9.17, 15) is 4.39 Å². The molecule has 0 saturated heterocycles. The first kappa shape index (κ1) is 11.9. The zero-order valence-corrected chi connectivity index (χ0v) is 9.87. The normalized spacial score (nSPS) is 12.4. The molecule has 1 aromatic heterocycles. The van der Waals surface area contributed by atoms with Crippen LogP contribution >= 0.6 is 11.5 Å². The number of nitrogens with zero attached hydrogens (tertiary/aromatic N) is 2. The van der Waals surface area contributed by atoms with Gasteiger partial charge in [-0.05, 0) is 29.7 Å². The number of hydrogen-bond donors (Lipinski definition) is 2. The van der Waals surface area contributed by atoms with Gasteiger partial charge in [0.25, 0.3) is 0 Å². The number of nitrogens with one attached hydrogen (secondary N) is 1. The summed E-state index contributed by atoms with van der Waals surface area (Å²) in [5.74, 6) is 5.70. The van der Waals surface area contributed by atoms with Gasteiger partial charge in [0.05, 0.1) is 24.2 Å². The number of benzene rings is 1. The Morgan fingerprint density at radius 3 is 2.94 bits per heavy atom. The molecule has 2 aromatic rings. The van der Waals surface area contributed by atoms with E-state index in [-0.39, 0.29) is 11.9 Å². The van der Waals surface area contributed by atoms with Gasteiger partial charge in [-0.1, -0.05) is 4.49 Å². The van der Waals surface area contributed by atoms with Crippen LogP contribution in [0.15, 0.2) is 24.4 Å². The Morgan fingerprint density at radius 2 is 2.35 bits per heavy atom. The van der Waals surface area contributed by atoms with E-state index in [1.165, 1.54) is 30.8 Å². The van der Waals surface area contributed by atoms with Crippen LogP contribution in [-0.4, -0.2) is 16.7 Å². The maximum Gasteiger partial charge on any atom is 0.124 e. The maximum atomic E-state index is 13.3. The monoisotopic (exact) mass is 254 g/mol. The van der Waals surface area contributed by atoms with Crippen molar-refractivity contribution in [3.05, 3.63) is 40.7 Å². The number of ether oxygens (including phenoxy) is 1. The molecule has 1 heterocycles. The molecule has 0 bridgehead atoms. The molecule has 2 rings (SSSR count). The third kappa shape index (κ3) is 2.41. The van der Waals surface area contributed by atoms with E-state index in [1.54, 1.807) is 12.3 Å². The molecule has 0 fully saturated rings. The summed E-state index contributed by atoms with van der Waals surface area (Å²) in [7, 11) is 1.52. The Balaban J connectivity index is 2.46. The average molecular weight is 254 g/mol. The first-order valence-corrected chi connectivity index (χ1v) is 5.60. The number of methoxy groups -OCH3 is 1. The SMILES string of the molecule is COc1ccc(F)cc1C(NN)c1cnns1. The molecule has 3 N–H and O–H groups in total. The van der Waals surface area contributed by atoms with E-state index in [4.69, 9.17) is 10.6 Å². The predicted octanol–water partition coefficient (Wildman–Crippen LogP) is 1.24. The zero-order chi connectivity index (χ0) is 12.3. The predicted molar refractivity (Wildman–Crippen MR) is 62.0 cm³/mol. The topological polar surface area (TPSA) is 73.1 Å². The van der Waals surface area contributed by atoms with Crippen LogP contribution in [0.25, 0.3) is 0 Å². The fourth-order valence-electron chi connectivity index (χ4n) is 1.56. The van der Waals surface area contributed by atoms with E-state index in [1.807, 2.05) is 0 Å². The number of halogens is 1. The molecule has 7 heteroatoms. The zero-order valence-electron chi connectivity index (χ0n) is 9.05.